The van der Waals surface area contributed by atoms with Crippen LogP contribution in [0, 0.1) is 5.82 Å². The van der Waals surface area contributed by atoms with E-state index in [1.54, 1.807) is 18.2 Å². The predicted molar refractivity (Wildman–Crippen MR) is 87.5 cm³/mol. The molecule has 2 aromatic rings. The van der Waals surface area contributed by atoms with Crippen molar-refractivity contribution in [2.45, 2.75) is 18.9 Å². The van der Waals surface area contributed by atoms with E-state index in [0.29, 0.717) is 24.9 Å². The standard InChI is InChI=1S/C18H21FN2O2/c19-16-9-5-4-6-14(16)10-12-20-18(23)21-17(11-13-22)15-7-2-1-3-8-15/h1-9,17,22H,10-13H2,(H2,20,21,23)/t17-/m1/s1. The molecule has 0 aliphatic carbocycles. The SMILES string of the molecule is O=C(NCCc1ccccc1F)N[C@H](CCO)c1ccccc1. The number of rotatable bonds is 7. The molecule has 2 rings (SSSR count). The van der Waals surface area contributed by atoms with E-state index in [9.17, 15) is 9.18 Å². The fourth-order valence-corrected chi connectivity index (χ4v) is 2.36. The van der Waals surface area contributed by atoms with Gasteiger partial charge in [0.1, 0.15) is 5.82 Å². The average Bonchev–Trinajstić information content (AvgIpc) is 2.57. The van der Waals surface area contributed by atoms with Gasteiger partial charge >= 0.3 is 6.03 Å². The molecule has 0 spiro atoms. The Bertz CT molecular complexity index is 619. The Balaban J connectivity index is 1.84. The topological polar surface area (TPSA) is 61.4 Å². The van der Waals surface area contributed by atoms with Gasteiger partial charge in [0.25, 0.3) is 0 Å². The summed E-state index contributed by atoms with van der Waals surface area (Å²) in [5.74, 6) is -0.267. The summed E-state index contributed by atoms with van der Waals surface area (Å²) in [5.41, 5.74) is 1.51. The van der Waals surface area contributed by atoms with Gasteiger partial charge in [-0.15, -0.1) is 0 Å². The van der Waals surface area contributed by atoms with Gasteiger partial charge in [0.15, 0.2) is 0 Å². The summed E-state index contributed by atoms with van der Waals surface area (Å²) in [6.07, 6.45) is 0.862. The second-order valence-corrected chi connectivity index (χ2v) is 5.22. The van der Waals surface area contributed by atoms with Gasteiger partial charge < -0.3 is 15.7 Å². The monoisotopic (exact) mass is 316 g/mol. The van der Waals surface area contributed by atoms with Crippen LogP contribution in [0.3, 0.4) is 0 Å². The molecular weight excluding hydrogens is 295 g/mol. The Morgan fingerprint density at radius 3 is 2.48 bits per heavy atom. The van der Waals surface area contributed by atoms with Crippen LogP contribution < -0.4 is 10.6 Å². The molecular formula is C18H21FN2O2. The number of aliphatic hydroxyl groups is 1. The van der Waals surface area contributed by atoms with Gasteiger partial charge in [-0.1, -0.05) is 48.5 Å². The Labute approximate surface area is 135 Å². The van der Waals surface area contributed by atoms with Crippen LogP contribution >= 0.6 is 0 Å². The quantitative estimate of drug-likeness (QED) is 0.735. The number of hydrogen-bond acceptors (Lipinski definition) is 2. The summed E-state index contributed by atoms with van der Waals surface area (Å²) in [5, 5.41) is 14.7. The first-order chi connectivity index (χ1) is 11.2. The molecule has 0 fully saturated rings. The normalized spacial score (nSPS) is 11.7. The van der Waals surface area contributed by atoms with E-state index in [0.717, 1.165) is 5.56 Å². The zero-order valence-corrected chi connectivity index (χ0v) is 12.8. The minimum absolute atomic E-state index is 0.0188. The number of nitrogens with one attached hydrogen (secondary N) is 2. The van der Waals surface area contributed by atoms with Crippen molar-refractivity contribution in [2.24, 2.45) is 0 Å². The predicted octanol–water partition coefficient (Wildman–Crippen LogP) is 2.79. The largest absolute Gasteiger partial charge is 0.396 e. The van der Waals surface area contributed by atoms with Crippen molar-refractivity contribution < 1.29 is 14.3 Å². The third-order valence-corrected chi connectivity index (χ3v) is 3.56. The van der Waals surface area contributed by atoms with Crippen LogP contribution in [-0.2, 0) is 6.42 Å². The zero-order valence-electron chi connectivity index (χ0n) is 12.8. The van der Waals surface area contributed by atoms with Crippen molar-refractivity contribution in [2.75, 3.05) is 13.2 Å². The second kappa shape index (κ2) is 8.90. The van der Waals surface area contributed by atoms with E-state index in [4.69, 9.17) is 5.11 Å². The van der Waals surface area contributed by atoms with Gasteiger partial charge in [-0.3, -0.25) is 0 Å². The number of carbonyl (C=O) groups excluding carboxylic acids is 1. The summed E-state index contributed by atoms with van der Waals surface area (Å²) in [6.45, 7) is 0.322. The molecule has 5 heteroatoms. The first kappa shape index (κ1) is 17.0. The van der Waals surface area contributed by atoms with Gasteiger partial charge in [-0.05, 0) is 30.0 Å². The van der Waals surface area contributed by atoms with Crippen LogP contribution in [-0.4, -0.2) is 24.3 Å². The molecule has 4 nitrogen and oxygen atoms in total. The van der Waals surface area contributed by atoms with Crippen LogP contribution in [0.25, 0.3) is 0 Å². The van der Waals surface area contributed by atoms with Crippen molar-refractivity contribution in [3.63, 3.8) is 0 Å². The van der Waals surface area contributed by atoms with Crippen molar-refractivity contribution in [3.8, 4) is 0 Å². The molecule has 0 aliphatic heterocycles. The lowest BCUT2D eigenvalue weighted by Gasteiger charge is -2.18. The van der Waals surface area contributed by atoms with Gasteiger partial charge in [0.05, 0.1) is 6.04 Å². The lowest BCUT2D eigenvalue weighted by atomic mass is 10.0. The van der Waals surface area contributed by atoms with E-state index >= 15 is 0 Å². The highest BCUT2D eigenvalue weighted by atomic mass is 19.1. The van der Waals surface area contributed by atoms with Crippen LogP contribution in [0.5, 0.6) is 0 Å². The molecule has 0 aromatic heterocycles. The Morgan fingerprint density at radius 2 is 1.78 bits per heavy atom. The van der Waals surface area contributed by atoms with Crippen LogP contribution in [0.2, 0.25) is 0 Å². The van der Waals surface area contributed by atoms with Gasteiger partial charge in [0.2, 0.25) is 0 Å². The molecule has 0 heterocycles. The molecule has 1 atom stereocenters. The van der Waals surface area contributed by atoms with Crippen LogP contribution in [0.15, 0.2) is 54.6 Å². The Kier molecular flexibility index (Phi) is 6.56. The number of benzene rings is 2. The Morgan fingerprint density at radius 1 is 1.09 bits per heavy atom. The molecule has 23 heavy (non-hydrogen) atoms. The third-order valence-electron chi connectivity index (χ3n) is 3.56. The van der Waals surface area contributed by atoms with Gasteiger partial charge in [0, 0.05) is 13.2 Å². The molecule has 0 saturated carbocycles. The number of aliphatic hydroxyl groups excluding tert-OH is 1. The van der Waals surface area contributed by atoms with E-state index < -0.39 is 0 Å². The molecule has 0 bridgehead atoms. The summed E-state index contributed by atoms with van der Waals surface area (Å²) in [4.78, 5) is 12.0. The van der Waals surface area contributed by atoms with E-state index in [-0.39, 0.29) is 24.5 Å². The maximum absolute atomic E-state index is 13.5. The van der Waals surface area contributed by atoms with Crippen LogP contribution in [0.1, 0.15) is 23.6 Å². The second-order valence-electron chi connectivity index (χ2n) is 5.22. The smallest absolute Gasteiger partial charge is 0.315 e. The van der Waals surface area contributed by atoms with E-state index in [1.807, 2.05) is 30.3 Å². The molecule has 122 valence electrons. The van der Waals surface area contributed by atoms with Crippen molar-refractivity contribution in [1.29, 1.82) is 0 Å². The maximum Gasteiger partial charge on any atom is 0.315 e. The highest BCUT2D eigenvalue weighted by molar-refractivity contribution is 5.74. The van der Waals surface area contributed by atoms with Crippen LogP contribution in [0.4, 0.5) is 9.18 Å². The molecule has 0 unspecified atom stereocenters. The fourth-order valence-electron chi connectivity index (χ4n) is 2.36. The fraction of sp³-hybridized carbons (Fsp3) is 0.278. The number of halogens is 1. The number of carbonyl (C=O) groups is 1. The van der Waals surface area contributed by atoms with Crippen molar-refractivity contribution in [1.82, 2.24) is 10.6 Å². The minimum atomic E-state index is -0.330. The molecule has 0 radical (unpaired) electrons. The number of urea groups is 1. The van der Waals surface area contributed by atoms with Gasteiger partial charge in [-0.25, -0.2) is 9.18 Å². The molecule has 2 amide bonds. The lowest BCUT2D eigenvalue weighted by molar-refractivity contribution is 0.229. The highest BCUT2D eigenvalue weighted by Crippen LogP contribution is 2.15. The molecule has 2 aromatic carbocycles. The third kappa shape index (κ3) is 5.38. The first-order valence-corrected chi connectivity index (χ1v) is 7.64. The first-order valence-electron chi connectivity index (χ1n) is 7.64. The van der Waals surface area contributed by atoms with Crippen molar-refractivity contribution >= 4 is 6.03 Å². The number of amides is 2. The number of hydrogen-bond donors (Lipinski definition) is 3. The highest BCUT2D eigenvalue weighted by Gasteiger charge is 2.13. The zero-order chi connectivity index (χ0) is 16.5. The summed E-state index contributed by atoms with van der Waals surface area (Å²) in [6, 6.07) is 15.4. The maximum atomic E-state index is 13.5. The molecule has 0 saturated heterocycles. The van der Waals surface area contributed by atoms with E-state index in [2.05, 4.69) is 10.6 Å². The summed E-state index contributed by atoms with van der Waals surface area (Å²) < 4.78 is 13.5. The summed E-state index contributed by atoms with van der Waals surface area (Å²) in [7, 11) is 0. The molecule has 0 aliphatic rings. The Hall–Kier alpha value is -2.40. The van der Waals surface area contributed by atoms with Crippen molar-refractivity contribution in [3.05, 3.63) is 71.5 Å². The van der Waals surface area contributed by atoms with E-state index in [1.165, 1.54) is 6.07 Å². The average molecular weight is 316 g/mol. The summed E-state index contributed by atoms with van der Waals surface area (Å²) >= 11 is 0. The minimum Gasteiger partial charge on any atom is -0.396 e. The molecule has 3 N–H and O–H groups in total. The van der Waals surface area contributed by atoms with Gasteiger partial charge in [-0.2, -0.15) is 0 Å². The lowest BCUT2D eigenvalue weighted by Crippen LogP contribution is -2.39.